The Balaban J connectivity index is 3.36. The van der Waals surface area contributed by atoms with Gasteiger partial charge in [0.05, 0.1) is 12.5 Å². The molecule has 0 saturated carbocycles. The fraction of sp³-hybridized carbons (Fsp3) is 0.417. The zero-order chi connectivity index (χ0) is 13.1. The van der Waals surface area contributed by atoms with E-state index in [-0.39, 0.29) is 13.0 Å². The monoisotopic (exact) mass is 258 g/mol. The van der Waals surface area contributed by atoms with Crippen molar-refractivity contribution in [2.45, 2.75) is 18.8 Å². The molecular formula is C12H15ClO4. The lowest BCUT2D eigenvalue weighted by molar-refractivity contribution is -0.143. The summed E-state index contributed by atoms with van der Waals surface area (Å²) in [5.74, 6) is -0.570. The minimum atomic E-state index is -1.22. The van der Waals surface area contributed by atoms with Crippen molar-refractivity contribution in [1.82, 2.24) is 0 Å². The van der Waals surface area contributed by atoms with Crippen molar-refractivity contribution in [3.8, 4) is 5.75 Å². The Hall–Kier alpha value is -1.26. The molecule has 1 aromatic carbocycles. The van der Waals surface area contributed by atoms with Crippen LogP contribution in [-0.4, -0.2) is 29.9 Å². The van der Waals surface area contributed by atoms with Crippen LogP contribution in [0.4, 0.5) is 0 Å². The average Bonchev–Trinajstić information content (AvgIpc) is 2.29. The first-order chi connectivity index (χ1) is 7.95. The van der Waals surface area contributed by atoms with Gasteiger partial charge in [0, 0.05) is 17.2 Å². The van der Waals surface area contributed by atoms with E-state index < -0.39 is 11.4 Å². The average molecular weight is 259 g/mol. The molecule has 0 heterocycles. The number of aliphatic hydroxyl groups is 1. The molecule has 0 fully saturated rings. The lowest BCUT2D eigenvalue weighted by atomic mass is 9.79. The van der Waals surface area contributed by atoms with Crippen LogP contribution in [0.15, 0.2) is 18.2 Å². The highest BCUT2D eigenvalue weighted by molar-refractivity contribution is 6.30. The molecule has 0 aliphatic carbocycles. The van der Waals surface area contributed by atoms with Gasteiger partial charge in [0.15, 0.2) is 0 Å². The Kier molecular flexibility index (Phi) is 4.37. The van der Waals surface area contributed by atoms with Gasteiger partial charge in [0.2, 0.25) is 0 Å². The summed E-state index contributed by atoms with van der Waals surface area (Å²) >= 11 is 5.87. The smallest absolute Gasteiger partial charge is 0.314 e. The van der Waals surface area contributed by atoms with E-state index in [1.165, 1.54) is 7.11 Å². The van der Waals surface area contributed by atoms with E-state index >= 15 is 0 Å². The Bertz CT molecular complexity index is 419. The summed E-state index contributed by atoms with van der Waals surface area (Å²) in [6, 6.07) is 4.81. The summed E-state index contributed by atoms with van der Waals surface area (Å²) in [7, 11) is 1.47. The van der Waals surface area contributed by atoms with Gasteiger partial charge in [-0.05, 0) is 31.5 Å². The second kappa shape index (κ2) is 5.38. The number of rotatable bonds is 5. The van der Waals surface area contributed by atoms with Crippen LogP contribution in [0.2, 0.25) is 5.02 Å². The van der Waals surface area contributed by atoms with E-state index in [9.17, 15) is 9.90 Å². The molecule has 94 valence electrons. The lowest BCUT2D eigenvalue weighted by Crippen LogP contribution is -2.34. The van der Waals surface area contributed by atoms with Crippen LogP contribution < -0.4 is 4.74 Å². The van der Waals surface area contributed by atoms with Crippen molar-refractivity contribution < 1.29 is 19.7 Å². The minimum Gasteiger partial charge on any atom is -0.496 e. The van der Waals surface area contributed by atoms with E-state index in [2.05, 4.69) is 0 Å². The number of halogens is 1. The number of aliphatic carboxylic acids is 1. The Labute approximate surface area is 105 Å². The quantitative estimate of drug-likeness (QED) is 0.849. The van der Waals surface area contributed by atoms with Crippen molar-refractivity contribution in [2.24, 2.45) is 0 Å². The van der Waals surface area contributed by atoms with Gasteiger partial charge in [-0.3, -0.25) is 4.79 Å². The van der Waals surface area contributed by atoms with Gasteiger partial charge in [-0.15, -0.1) is 0 Å². The molecule has 4 nitrogen and oxygen atoms in total. The third-order valence-electron chi connectivity index (χ3n) is 2.84. The number of hydrogen-bond acceptors (Lipinski definition) is 3. The van der Waals surface area contributed by atoms with E-state index in [0.29, 0.717) is 16.3 Å². The topological polar surface area (TPSA) is 66.8 Å². The number of ether oxygens (including phenoxy) is 1. The summed E-state index contributed by atoms with van der Waals surface area (Å²) in [5.41, 5.74) is -0.751. The van der Waals surface area contributed by atoms with E-state index in [4.69, 9.17) is 21.4 Å². The molecule has 0 saturated heterocycles. The molecule has 0 aromatic heterocycles. The molecule has 1 rings (SSSR count). The van der Waals surface area contributed by atoms with Crippen molar-refractivity contribution >= 4 is 17.6 Å². The van der Waals surface area contributed by atoms with Crippen LogP contribution in [0, 0.1) is 0 Å². The standard InChI is InChI=1S/C12H15ClO4/c1-12(5-6-14,11(15)16)9-7-8(13)3-4-10(9)17-2/h3-4,7,14H,5-6H2,1-2H3,(H,15,16). The molecule has 17 heavy (non-hydrogen) atoms. The second-order valence-electron chi connectivity index (χ2n) is 3.96. The van der Waals surface area contributed by atoms with Gasteiger partial charge in [-0.25, -0.2) is 0 Å². The summed E-state index contributed by atoms with van der Waals surface area (Å²) in [5, 5.41) is 18.8. The van der Waals surface area contributed by atoms with Crippen LogP contribution in [0.5, 0.6) is 5.75 Å². The number of aliphatic hydroxyl groups excluding tert-OH is 1. The lowest BCUT2D eigenvalue weighted by Gasteiger charge is -2.26. The molecule has 0 radical (unpaired) electrons. The van der Waals surface area contributed by atoms with Crippen molar-refractivity contribution in [2.75, 3.05) is 13.7 Å². The maximum Gasteiger partial charge on any atom is 0.314 e. The summed E-state index contributed by atoms with van der Waals surface area (Å²) in [6.07, 6.45) is 0.0963. The first-order valence-electron chi connectivity index (χ1n) is 5.14. The van der Waals surface area contributed by atoms with Crippen LogP contribution in [0.3, 0.4) is 0 Å². The number of methoxy groups -OCH3 is 1. The van der Waals surface area contributed by atoms with Gasteiger partial charge in [-0.1, -0.05) is 11.6 Å². The largest absolute Gasteiger partial charge is 0.496 e. The van der Waals surface area contributed by atoms with Gasteiger partial charge >= 0.3 is 5.97 Å². The predicted octanol–water partition coefficient (Wildman–Crippen LogP) is 2.07. The molecule has 0 amide bonds. The second-order valence-corrected chi connectivity index (χ2v) is 4.39. The number of carbonyl (C=O) groups is 1. The molecule has 0 bridgehead atoms. The summed E-state index contributed by atoms with van der Waals surface area (Å²) < 4.78 is 5.14. The SMILES string of the molecule is COc1ccc(Cl)cc1C(C)(CCO)C(=O)O. The highest BCUT2D eigenvalue weighted by atomic mass is 35.5. The van der Waals surface area contributed by atoms with Crippen molar-refractivity contribution in [1.29, 1.82) is 0 Å². The number of carboxylic acid groups (broad SMARTS) is 1. The molecule has 0 aliphatic heterocycles. The summed E-state index contributed by atoms with van der Waals surface area (Å²) in [6.45, 7) is 1.32. The molecule has 5 heteroatoms. The fourth-order valence-corrected chi connectivity index (χ4v) is 1.86. The minimum absolute atomic E-state index is 0.0963. The van der Waals surface area contributed by atoms with Crippen LogP contribution in [0.25, 0.3) is 0 Å². The van der Waals surface area contributed by atoms with Crippen LogP contribution >= 0.6 is 11.6 Å². The van der Waals surface area contributed by atoms with Gasteiger partial charge in [-0.2, -0.15) is 0 Å². The number of benzene rings is 1. The van der Waals surface area contributed by atoms with E-state index in [1.807, 2.05) is 0 Å². The first-order valence-corrected chi connectivity index (χ1v) is 5.51. The fourth-order valence-electron chi connectivity index (χ4n) is 1.69. The zero-order valence-electron chi connectivity index (χ0n) is 9.74. The molecular weight excluding hydrogens is 244 g/mol. The normalized spacial score (nSPS) is 14.1. The number of carboxylic acids is 1. The zero-order valence-corrected chi connectivity index (χ0v) is 10.5. The molecule has 1 unspecified atom stereocenters. The van der Waals surface area contributed by atoms with Crippen LogP contribution in [0.1, 0.15) is 18.9 Å². The van der Waals surface area contributed by atoms with E-state index in [0.717, 1.165) is 0 Å². The van der Waals surface area contributed by atoms with Gasteiger partial charge in [0.1, 0.15) is 5.75 Å². The molecule has 2 N–H and O–H groups in total. The highest BCUT2D eigenvalue weighted by Gasteiger charge is 2.37. The van der Waals surface area contributed by atoms with Crippen molar-refractivity contribution in [3.05, 3.63) is 28.8 Å². The maximum absolute atomic E-state index is 11.4. The maximum atomic E-state index is 11.4. The Morgan fingerprint density at radius 3 is 2.65 bits per heavy atom. The Morgan fingerprint density at radius 1 is 1.53 bits per heavy atom. The van der Waals surface area contributed by atoms with Gasteiger partial charge in [0.25, 0.3) is 0 Å². The van der Waals surface area contributed by atoms with Crippen LogP contribution in [-0.2, 0) is 10.2 Å². The predicted molar refractivity (Wildman–Crippen MR) is 64.7 cm³/mol. The summed E-state index contributed by atoms with van der Waals surface area (Å²) in [4.78, 5) is 11.4. The Morgan fingerprint density at radius 2 is 2.18 bits per heavy atom. The molecule has 0 aliphatic rings. The van der Waals surface area contributed by atoms with Crippen molar-refractivity contribution in [3.63, 3.8) is 0 Å². The van der Waals surface area contributed by atoms with E-state index in [1.54, 1.807) is 25.1 Å². The third-order valence-corrected chi connectivity index (χ3v) is 3.07. The molecule has 0 spiro atoms. The molecule has 1 atom stereocenters. The highest BCUT2D eigenvalue weighted by Crippen LogP contribution is 2.36. The number of hydrogen-bond donors (Lipinski definition) is 2. The van der Waals surface area contributed by atoms with Gasteiger partial charge < -0.3 is 14.9 Å². The first kappa shape index (κ1) is 13.8. The third kappa shape index (κ3) is 2.70. The molecule has 1 aromatic rings.